The van der Waals surface area contributed by atoms with Gasteiger partial charge in [-0.1, -0.05) is 0 Å². The summed E-state index contributed by atoms with van der Waals surface area (Å²) >= 11 is 0. The van der Waals surface area contributed by atoms with Crippen LogP contribution in [0.25, 0.3) is 0 Å². The molecule has 2 aliphatic rings. The molecule has 0 aliphatic carbocycles. The zero-order chi connectivity index (χ0) is 17.5. The number of aliphatic hydroxyl groups excluding tert-OH is 1. The highest BCUT2D eigenvalue weighted by Crippen LogP contribution is 2.47. The molecule has 1 fully saturated rings. The van der Waals surface area contributed by atoms with Gasteiger partial charge in [-0.05, 0) is 24.6 Å². The van der Waals surface area contributed by atoms with Crippen molar-refractivity contribution >= 4 is 21.7 Å². The van der Waals surface area contributed by atoms with Gasteiger partial charge in [0.2, 0.25) is 10.0 Å². The van der Waals surface area contributed by atoms with Gasteiger partial charge in [0, 0.05) is 17.2 Å². The van der Waals surface area contributed by atoms with Crippen molar-refractivity contribution in [2.45, 2.75) is 37.1 Å². The van der Waals surface area contributed by atoms with Crippen LogP contribution in [0, 0.1) is 0 Å². The maximum absolute atomic E-state index is 11.4. The number of carboxylic acid groups (broad SMARTS) is 1. The first-order chi connectivity index (χ1) is 11.3. The predicted molar refractivity (Wildman–Crippen MR) is 84.7 cm³/mol. The molecule has 24 heavy (non-hydrogen) atoms. The van der Waals surface area contributed by atoms with Crippen LogP contribution in [0.3, 0.4) is 0 Å². The van der Waals surface area contributed by atoms with E-state index in [1.807, 2.05) is 0 Å². The highest BCUT2D eigenvalue weighted by atomic mass is 32.2. The highest BCUT2D eigenvalue weighted by Gasteiger charge is 2.46. The number of nitrogens with one attached hydrogen (secondary N) is 1. The van der Waals surface area contributed by atoms with Crippen LogP contribution < -0.4 is 9.46 Å². The van der Waals surface area contributed by atoms with Crippen LogP contribution in [0.1, 0.15) is 24.3 Å². The first-order valence-corrected chi connectivity index (χ1v) is 9.42. The van der Waals surface area contributed by atoms with Crippen molar-refractivity contribution < 1.29 is 32.9 Å². The van der Waals surface area contributed by atoms with Crippen LogP contribution in [0.2, 0.25) is 0 Å². The van der Waals surface area contributed by atoms with E-state index >= 15 is 0 Å². The Hall–Kier alpha value is -1.84. The molecule has 0 aromatic heterocycles. The second kappa shape index (κ2) is 6.23. The van der Waals surface area contributed by atoms with Gasteiger partial charge in [-0.3, -0.25) is 9.52 Å². The Morgan fingerprint density at radius 2 is 2.17 bits per heavy atom. The lowest BCUT2D eigenvalue weighted by Crippen LogP contribution is -2.46. The average molecular weight is 357 g/mol. The van der Waals surface area contributed by atoms with E-state index in [1.54, 1.807) is 18.2 Å². The Morgan fingerprint density at radius 1 is 1.42 bits per heavy atom. The Labute approximate surface area is 139 Å². The van der Waals surface area contributed by atoms with Gasteiger partial charge in [0.05, 0.1) is 25.4 Å². The lowest BCUT2D eigenvalue weighted by molar-refractivity contribution is -0.153. The number of carbonyl (C=O) groups is 1. The van der Waals surface area contributed by atoms with Gasteiger partial charge >= 0.3 is 5.97 Å². The van der Waals surface area contributed by atoms with Crippen molar-refractivity contribution in [2.24, 2.45) is 0 Å². The molecule has 4 atom stereocenters. The SMILES string of the molecule is CS(=O)(=O)Nc1ccc2c(c1)[C@@H]1C[C@@H](CC(=O)O)O[C@H](CO)[C@@H]1O2. The van der Waals surface area contributed by atoms with Crippen molar-refractivity contribution in [3.8, 4) is 5.75 Å². The van der Waals surface area contributed by atoms with Gasteiger partial charge in [0.15, 0.2) is 0 Å². The minimum Gasteiger partial charge on any atom is -0.487 e. The van der Waals surface area contributed by atoms with Crippen LogP contribution in [0.4, 0.5) is 5.69 Å². The molecule has 3 rings (SSSR count). The molecule has 3 N–H and O–H groups in total. The molecule has 0 bridgehead atoms. The van der Waals surface area contributed by atoms with Crippen LogP contribution in [0.15, 0.2) is 18.2 Å². The van der Waals surface area contributed by atoms with E-state index in [0.29, 0.717) is 17.9 Å². The Balaban J connectivity index is 1.89. The minimum absolute atomic E-state index is 0.156. The first-order valence-electron chi connectivity index (χ1n) is 7.53. The molecule has 0 radical (unpaired) electrons. The number of hydrogen-bond donors (Lipinski definition) is 3. The van der Waals surface area contributed by atoms with E-state index < -0.39 is 34.3 Å². The van der Waals surface area contributed by atoms with Crippen LogP contribution in [-0.2, 0) is 19.6 Å². The van der Waals surface area contributed by atoms with Crippen molar-refractivity contribution in [1.29, 1.82) is 0 Å². The fourth-order valence-electron chi connectivity index (χ4n) is 3.36. The number of benzene rings is 1. The third kappa shape index (κ3) is 3.47. The number of anilines is 1. The number of ether oxygens (including phenoxy) is 2. The van der Waals surface area contributed by atoms with Crippen LogP contribution in [0.5, 0.6) is 5.75 Å². The predicted octanol–water partition coefficient (Wildman–Crippen LogP) is 0.527. The number of rotatable bonds is 5. The number of carboxylic acids is 1. The Kier molecular flexibility index (Phi) is 4.41. The third-order valence-corrected chi connectivity index (χ3v) is 4.81. The molecule has 0 unspecified atom stereocenters. The molecule has 8 nitrogen and oxygen atoms in total. The van der Waals surface area contributed by atoms with Crippen molar-refractivity contribution in [3.05, 3.63) is 23.8 Å². The second-order valence-electron chi connectivity index (χ2n) is 6.13. The summed E-state index contributed by atoms with van der Waals surface area (Å²) in [5.74, 6) is -0.527. The topological polar surface area (TPSA) is 122 Å². The summed E-state index contributed by atoms with van der Waals surface area (Å²) in [5.41, 5.74) is 1.22. The van der Waals surface area contributed by atoms with Crippen molar-refractivity contribution in [2.75, 3.05) is 17.6 Å². The molecule has 2 aliphatic heterocycles. The molecule has 0 amide bonds. The lowest BCUT2D eigenvalue weighted by atomic mass is 9.84. The summed E-state index contributed by atoms with van der Waals surface area (Å²) in [5, 5.41) is 18.5. The number of aliphatic carboxylic acids is 1. The average Bonchev–Trinajstić information content (AvgIpc) is 2.82. The summed E-state index contributed by atoms with van der Waals surface area (Å²) in [6, 6.07) is 4.96. The Morgan fingerprint density at radius 3 is 2.79 bits per heavy atom. The lowest BCUT2D eigenvalue weighted by Gasteiger charge is -2.36. The van der Waals surface area contributed by atoms with Crippen LogP contribution in [-0.4, -0.2) is 55.8 Å². The van der Waals surface area contributed by atoms with Crippen LogP contribution >= 0.6 is 0 Å². The number of fused-ring (bicyclic) bond motifs is 3. The van der Waals surface area contributed by atoms with Gasteiger partial charge in [-0.15, -0.1) is 0 Å². The molecular weight excluding hydrogens is 338 g/mol. The largest absolute Gasteiger partial charge is 0.487 e. The molecule has 0 saturated carbocycles. The fraction of sp³-hybridized carbons (Fsp3) is 0.533. The maximum atomic E-state index is 11.4. The number of sulfonamides is 1. The van der Waals surface area contributed by atoms with E-state index in [4.69, 9.17) is 14.6 Å². The van der Waals surface area contributed by atoms with Gasteiger partial charge < -0.3 is 19.7 Å². The van der Waals surface area contributed by atoms with E-state index in [9.17, 15) is 18.3 Å². The zero-order valence-electron chi connectivity index (χ0n) is 13.0. The van der Waals surface area contributed by atoms with Gasteiger partial charge in [0.1, 0.15) is 18.0 Å². The molecule has 1 aromatic rings. The summed E-state index contributed by atoms with van der Waals surface area (Å²) < 4.78 is 36.7. The van der Waals surface area contributed by atoms with Gasteiger partial charge in [-0.25, -0.2) is 8.42 Å². The molecule has 132 valence electrons. The number of hydrogen-bond acceptors (Lipinski definition) is 6. The second-order valence-corrected chi connectivity index (χ2v) is 7.88. The third-order valence-electron chi connectivity index (χ3n) is 4.20. The molecule has 9 heteroatoms. The minimum atomic E-state index is -3.40. The molecule has 1 aromatic carbocycles. The smallest absolute Gasteiger partial charge is 0.305 e. The van der Waals surface area contributed by atoms with Gasteiger partial charge in [-0.2, -0.15) is 0 Å². The monoisotopic (exact) mass is 357 g/mol. The summed E-state index contributed by atoms with van der Waals surface area (Å²) in [6.45, 7) is -0.278. The number of aliphatic hydroxyl groups is 1. The first kappa shape index (κ1) is 17.0. The normalized spacial score (nSPS) is 28.6. The van der Waals surface area contributed by atoms with Crippen molar-refractivity contribution in [3.63, 3.8) is 0 Å². The standard InChI is InChI=1S/C15H19NO7S/c1-24(20,21)16-8-2-3-12-10(4-8)11-5-9(6-14(18)19)22-13(7-17)15(11)23-12/h2-4,9,11,13,15-17H,5-7H2,1H3,(H,18,19)/t9-,11-,13+,15+/m0/s1. The van der Waals surface area contributed by atoms with Crippen molar-refractivity contribution in [1.82, 2.24) is 0 Å². The summed E-state index contributed by atoms with van der Waals surface area (Å²) in [7, 11) is -3.40. The van der Waals surface area contributed by atoms with E-state index in [1.165, 1.54) is 0 Å². The fourth-order valence-corrected chi connectivity index (χ4v) is 3.92. The quantitative estimate of drug-likeness (QED) is 0.702. The Bertz CT molecular complexity index is 748. The molecule has 1 saturated heterocycles. The summed E-state index contributed by atoms with van der Waals surface area (Å²) in [4.78, 5) is 11.0. The van der Waals surface area contributed by atoms with E-state index in [-0.39, 0.29) is 18.9 Å². The molecular formula is C15H19NO7S. The molecule has 2 heterocycles. The van der Waals surface area contributed by atoms with Gasteiger partial charge in [0.25, 0.3) is 0 Å². The summed E-state index contributed by atoms with van der Waals surface area (Å²) in [6.07, 6.45) is -0.213. The van der Waals surface area contributed by atoms with E-state index in [2.05, 4.69) is 4.72 Å². The zero-order valence-corrected chi connectivity index (χ0v) is 13.8. The van der Waals surface area contributed by atoms with E-state index in [0.717, 1.165) is 11.8 Å². The highest BCUT2D eigenvalue weighted by molar-refractivity contribution is 7.92. The maximum Gasteiger partial charge on any atom is 0.305 e. The molecule has 0 spiro atoms.